The lowest BCUT2D eigenvalue weighted by Crippen LogP contribution is -2.18. The molecule has 0 spiro atoms. The Morgan fingerprint density at radius 2 is 2.32 bits per heavy atom. The average Bonchev–Trinajstić information content (AvgIpc) is 2.97. The van der Waals surface area contributed by atoms with Crippen LogP contribution in [0.3, 0.4) is 0 Å². The Hall–Kier alpha value is -1.66. The molecule has 0 saturated carbocycles. The molecule has 0 aliphatic carbocycles. The van der Waals surface area contributed by atoms with Crippen molar-refractivity contribution in [3.8, 4) is 0 Å². The predicted octanol–water partition coefficient (Wildman–Crippen LogP) is 2.46. The molecule has 0 unspecified atom stereocenters. The Bertz CT molecular complexity index is 562. The van der Waals surface area contributed by atoms with Crippen molar-refractivity contribution in [2.75, 3.05) is 14.2 Å². The van der Waals surface area contributed by atoms with Crippen LogP contribution in [0.5, 0.6) is 0 Å². The molecule has 2 rings (SSSR count). The van der Waals surface area contributed by atoms with Gasteiger partial charge in [-0.2, -0.15) is 0 Å². The number of esters is 1. The topological polar surface area (TPSA) is 55.6 Å². The molecule has 102 valence electrons. The summed E-state index contributed by atoms with van der Waals surface area (Å²) in [5, 5.41) is 3.10. The molecule has 2 aromatic rings. The first-order valence-electron chi connectivity index (χ1n) is 5.84. The monoisotopic (exact) mass is 280 g/mol. The van der Waals surface area contributed by atoms with Crippen LogP contribution in [-0.4, -0.2) is 30.0 Å². The molecule has 5 nitrogen and oxygen atoms in total. The van der Waals surface area contributed by atoms with Crippen LogP contribution < -0.4 is 0 Å². The maximum Gasteiger partial charge on any atom is 0.374 e. The molecule has 6 heteroatoms. The van der Waals surface area contributed by atoms with Gasteiger partial charge in [0.1, 0.15) is 0 Å². The second-order valence-electron chi connectivity index (χ2n) is 4.30. The highest BCUT2D eigenvalue weighted by atomic mass is 32.1. The van der Waals surface area contributed by atoms with Crippen LogP contribution in [0.2, 0.25) is 0 Å². The Morgan fingerprint density at radius 3 is 2.95 bits per heavy atom. The molecule has 2 aromatic heterocycles. The Balaban J connectivity index is 2.01. The maximum absolute atomic E-state index is 11.5. The number of ether oxygens (including phenoxy) is 1. The summed E-state index contributed by atoms with van der Waals surface area (Å²) in [6.07, 6.45) is 1.50. The summed E-state index contributed by atoms with van der Waals surface area (Å²) >= 11 is 1.64. The molecular weight excluding hydrogens is 264 g/mol. The number of carbonyl (C=O) groups excluding carboxylic acids is 1. The molecule has 19 heavy (non-hydrogen) atoms. The van der Waals surface area contributed by atoms with Gasteiger partial charge in [-0.15, -0.1) is 11.3 Å². The minimum Gasteiger partial charge on any atom is -0.463 e. The first-order chi connectivity index (χ1) is 9.10. The zero-order chi connectivity index (χ0) is 13.8. The van der Waals surface area contributed by atoms with E-state index in [1.165, 1.54) is 13.4 Å². The first kappa shape index (κ1) is 13.8. The van der Waals surface area contributed by atoms with E-state index in [0.717, 1.165) is 22.8 Å². The number of hydrogen-bond acceptors (Lipinski definition) is 6. The SMILES string of the molecule is COC(=O)c1occc1CN(C)Cc1csc(C)n1. The zero-order valence-electron chi connectivity index (χ0n) is 11.2. The van der Waals surface area contributed by atoms with Gasteiger partial charge in [0.15, 0.2) is 0 Å². The molecule has 0 aliphatic heterocycles. The highest BCUT2D eigenvalue weighted by molar-refractivity contribution is 7.09. The van der Waals surface area contributed by atoms with E-state index in [4.69, 9.17) is 4.42 Å². The van der Waals surface area contributed by atoms with Gasteiger partial charge in [-0.25, -0.2) is 9.78 Å². The molecule has 0 N–H and O–H groups in total. The third-order valence-electron chi connectivity index (χ3n) is 2.66. The zero-order valence-corrected chi connectivity index (χ0v) is 12.0. The van der Waals surface area contributed by atoms with Crippen LogP contribution in [-0.2, 0) is 17.8 Å². The highest BCUT2D eigenvalue weighted by Gasteiger charge is 2.17. The van der Waals surface area contributed by atoms with Crippen LogP contribution >= 0.6 is 11.3 Å². The lowest BCUT2D eigenvalue weighted by Gasteiger charge is -2.14. The number of methoxy groups -OCH3 is 1. The van der Waals surface area contributed by atoms with E-state index in [-0.39, 0.29) is 5.76 Å². The predicted molar refractivity (Wildman–Crippen MR) is 72.1 cm³/mol. The largest absolute Gasteiger partial charge is 0.463 e. The van der Waals surface area contributed by atoms with Crippen LogP contribution in [0.1, 0.15) is 26.8 Å². The van der Waals surface area contributed by atoms with Gasteiger partial charge in [0.25, 0.3) is 0 Å². The van der Waals surface area contributed by atoms with Crippen molar-refractivity contribution < 1.29 is 13.9 Å². The molecule has 0 radical (unpaired) electrons. The van der Waals surface area contributed by atoms with E-state index >= 15 is 0 Å². The molecule has 2 heterocycles. The molecule has 0 bridgehead atoms. The van der Waals surface area contributed by atoms with Gasteiger partial charge in [0.2, 0.25) is 5.76 Å². The number of thiazole rings is 1. The minimum atomic E-state index is -0.446. The fraction of sp³-hybridized carbons (Fsp3) is 0.385. The van der Waals surface area contributed by atoms with Gasteiger partial charge in [0.05, 0.1) is 24.1 Å². The van der Waals surface area contributed by atoms with Crippen LogP contribution in [0, 0.1) is 6.92 Å². The molecule has 0 aliphatic rings. The van der Waals surface area contributed by atoms with Crippen molar-refractivity contribution in [3.63, 3.8) is 0 Å². The van der Waals surface area contributed by atoms with E-state index in [2.05, 4.69) is 14.6 Å². The summed E-state index contributed by atoms with van der Waals surface area (Å²) in [5.74, 6) is -0.179. The standard InChI is InChI=1S/C13H16N2O3S/c1-9-14-11(8-19-9)7-15(2)6-10-4-5-18-12(10)13(16)17-3/h4-5,8H,6-7H2,1-3H3. The molecule has 0 atom stereocenters. The number of furan rings is 1. The second-order valence-corrected chi connectivity index (χ2v) is 5.36. The molecule has 0 saturated heterocycles. The maximum atomic E-state index is 11.5. The fourth-order valence-corrected chi connectivity index (χ4v) is 2.44. The van der Waals surface area contributed by atoms with Crippen molar-refractivity contribution in [1.82, 2.24) is 9.88 Å². The summed E-state index contributed by atoms with van der Waals surface area (Å²) in [6, 6.07) is 1.79. The van der Waals surface area contributed by atoms with E-state index in [1.807, 2.05) is 19.4 Å². The molecule has 0 amide bonds. The van der Waals surface area contributed by atoms with Gasteiger partial charge >= 0.3 is 5.97 Å². The lowest BCUT2D eigenvalue weighted by molar-refractivity contribution is 0.0562. The van der Waals surface area contributed by atoms with Gasteiger partial charge in [0, 0.05) is 24.0 Å². The molecule has 0 fully saturated rings. The Kier molecular flexibility index (Phi) is 4.34. The summed E-state index contributed by atoms with van der Waals surface area (Å²) < 4.78 is 9.83. The van der Waals surface area contributed by atoms with Gasteiger partial charge in [-0.05, 0) is 20.0 Å². The highest BCUT2D eigenvalue weighted by Crippen LogP contribution is 2.16. The Labute approximate surface area is 115 Å². The number of rotatable bonds is 5. The van der Waals surface area contributed by atoms with Crippen LogP contribution in [0.15, 0.2) is 22.1 Å². The van der Waals surface area contributed by atoms with Gasteiger partial charge in [-0.3, -0.25) is 4.90 Å². The van der Waals surface area contributed by atoms with Crippen molar-refractivity contribution in [3.05, 3.63) is 39.7 Å². The third-order valence-corrected chi connectivity index (χ3v) is 3.48. The Morgan fingerprint density at radius 1 is 1.53 bits per heavy atom. The number of hydrogen-bond donors (Lipinski definition) is 0. The van der Waals surface area contributed by atoms with Crippen molar-refractivity contribution in [2.45, 2.75) is 20.0 Å². The quantitative estimate of drug-likeness (QED) is 0.787. The van der Waals surface area contributed by atoms with Crippen molar-refractivity contribution >= 4 is 17.3 Å². The first-order valence-corrected chi connectivity index (χ1v) is 6.72. The van der Waals surface area contributed by atoms with Crippen molar-refractivity contribution in [2.24, 2.45) is 0 Å². The summed E-state index contributed by atoms with van der Waals surface area (Å²) in [4.78, 5) is 18.0. The van der Waals surface area contributed by atoms with E-state index in [0.29, 0.717) is 6.54 Å². The number of nitrogens with zero attached hydrogens (tertiary/aromatic N) is 2. The second kappa shape index (κ2) is 5.99. The van der Waals surface area contributed by atoms with E-state index < -0.39 is 5.97 Å². The molecule has 0 aromatic carbocycles. The smallest absolute Gasteiger partial charge is 0.374 e. The van der Waals surface area contributed by atoms with Crippen LogP contribution in [0.4, 0.5) is 0 Å². The fourth-order valence-electron chi connectivity index (χ4n) is 1.84. The number of aromatic nitrogens is 1. The number of aryl methyl sites for hydroxylation is 1. The summed E-state index contributed by atoms with van der Waals surface area (Å²) in [7, 11) is 3.32. The number of carbonyl (C=O) groups is 1. The molecular formula is C13H16N2O3S. The van der Waals surface area contributed by atoms with Crippen molar-refractivity contribution in [1.29, 1.82) is 0 Å². The lowest BCUT2D eigenvalue weighted by atomic mass is 10.2. The third kappa shape index (κ3) is 3.42. The average molecular weight is 280 g/mol. The van der Waals surface area contributed by atoms with Gasteiger partial charge in [-0.1, -0.05) is 0 Å². The summed E-state index contributed by atoms with van der Waals surface area (Å²) in [5.41, 5.74) is 1.86. The van der Waals surface area contributed by atoms with Crippen LogP contribution in [0.25, 0.3) is 0 Å². The normalized spacial score (nSPS) is 10.9. The van der Waals surface area contributed by atoms with E-state index in [9.17, 15) is 4.79 Å². The van der Waals surface area contributed by atoms with E-state index in [1.54, 1.807) is 17.4 Å². The van der Waals surface area contributed by atoms with Gasteiger partial charge < -0.3 is 9.15 Å². The minimum absolute atomic E-state index is 0.267. The summed E-state index contributed by atoms with van der Waals surface area (Å²) in [6.45, 7) is 3.33.